The van der Waals surface area contributed by atoms with E-state index in [9.17, 15) is 0 Å². The molecule has 0 aliphatic rings. The first-order valence-corrected chi connectivity index (χ1v) is 7.14. The number of thiocarbonyl (C=S) groups is 1. The highest BCUT2D eigenvalue weighted by molar-refractivity contribution is 7.80. The van der Waals surface area contributed by atoms with E-state index in [1.807, 2.05) is 38.1 Å². The van der Waals surface area contributed by atoms with Crippen molar-refractivity contribution in [2.75, 3.05) is 12.4 Å². The molecule has 3 N–H and O–H groups in total. The fourth-order valence-electron chi connectivity index (χ4n) is 2.38. The third-order valence-electron chi connectivity index (χ3n) is 3.41. The summed E-state index contributed by atoms with van der Waals surface area (Å²) in [6.07, 6.45) is 0. The molecule has 2 aromatic rings. The Hall–Kier alpha value is -2.01. The molecule has 0 aliphatic carbocycles. The van der Waals surface area contributed by atoms with Crippen molar-refractivity contribution < 1.29 is 9.15 Å². The second-order valence-electron chi connectivity index (χ2n) is 5.01. The topological polar surface area (TPSA) is 60.4 Å². The van der Waals surface area contributed by atoms with Gasteiger partial charge in [0.15, 0.2) is 0 Å². The largest absolute Gasteiger partial charge is 0.497 e. The van der Waals surface area contributed by atoms with E-state index in [1.54, 1.807) is 7.11 Å². The molecule has 0 amide bonds. The van der Waals surface area contributed by atoms with Crippen LogP contribution in [0.2, 0.25) is 0 Å². The molecular formula is C16H20N2O2S. The maximum Gasteiger partial charge on any atom is 0.120 e. The summed E-state index contributed by atoms with van der Waals surface area (Å²) in [5, 5.41) is 3.43. The molecule has 4 nitrogen and oxygen atoms in total. The zero-order valence-electron chi connectivity index (χ0n) is 12.7. The average molecular weight is 304 g/mol. The molecule has 0 saturated carbocycles. The van der Waals surface area contributed by atoms with E-state index in [0.717, 1.165) is 34.1 Å². The van der Waals surface area contributed by atoms with Crippen LogP contribution in [0.4, 0.5) is 5.69 Å². The molecule has 0 bridgehead atoms. The minimum atomic E-state index is 0.0719. The van der Waals surface area contributed by atoms with Crippen LogP contribution in [0.1, 0.15) is 35.6 Å². The second kappa shape index (κ2) is 6.18. The van der Waals surface area contributed by atoms with E-state index in [2.05, 4.69) is 12.2 Å². The van der Waals surface area contributed by atoms with E-state index < -0.39 is 0 Å². The van der Waals surface area contributed by atoms with E-state index in [-0.39, 0.29) is 6.04 Å². The van der Waals surface area contributed by atoms with Gasteiger partial charge in [-0.2, -0.15) is 0 Å². The summed E-state index contributed by atoms with van der Waals surface area (Å²) in [6.45, 7) is 5.97. The predicted molar refractivity (Wildman–Crippen MR) is 89.1 cm³/mol. The first-order chi connectivity index (χ1) is 9.92. The zero-order chi connectivity index (χ0) is 15.6. The van der Waals surface area contributed by atoms with Crippen molar-refractivity contribution in [1.82, 2.24) is 0 Å². The predicted octanol–water partition coefficient (Wildman–Crippen LogP) is 3.71. The molecule has 1 aromatic heterocycles. The van der Waals surface area contributed by atoms with Gasteiger partial charge in [-0.25, -0.2) is 0 Å². The molecule has 5 heteroatoms. The minimum Gasteiger partial charge on any atom is -0.497 e. The molecule has 0 aliphatic heterocycles. The van der Waals surface area contributed by atoms with E-state index in [4.69, 9.17) is 27.1 Å². The molecule has 1 aromatic carbocycles. The van der Waals surface area contributed by atoms with Crippen LogP contribution in [0.25, 0.3) is 0 Å². The highest BCUT2D eigenvalue weighted by Gasteiger charge is 2.15. The maximum absolute atomic E-state index is 5.79. The molecule has 1 heterocycles. The van der Waals surface area contributed by atoms with E-state index in [1.165, 1.54) is 0 Å². The Balaban J connectivity index is 2.33. The molecule has 21 heavy (non-hydrogen) atoms. The number of nitrogens with one attached hydrogen (secondary N) is 1. The van der Waals surface area contributed by atoms with Gasteiger partial charge in [-0.05, 0) is 39.0 Å². The first-order valence-electron chi connectivity index (χ1n) is 6.73. The van der Waals surface area contributed by atoms with Crippen molar-refractivity contribution in [1.29, 1.82) is 0 Å². The van der Waals surface area contributed by atoms with Crippen LogP contribution in [0, 0.1) is 13.8 Å². The van der Waals surface area contributed by atoms with Crippen LogP contribution < -0.4 is 15.8 Å². The first kappa shape index (κ1) is 15.4. The Morgan fingerprint density at radius 1 is 1.33 bits per heavy atom. The fourth-order valence-corrected chi connectivity index (χ4v) is 2.55. The number of furan rings is 1. The van der Waals surface area contributed by atoms with Gasteiger partial charge in [0.2, 0.25) is 0 Å². The average Bonchev–Trinajstić information content (AvgIpc) is 2.77. The van der Waals surface area contributed by atoms with E-state index in [0.29, 0.717) is 4.99 Å². The number of benzene rings is 1. The Kier molecular flexibility index (Phi) is 4.53. The Bertz CT molecular complexity index is 664. The Morgan fingerprint density at radius 3 is 2.57 bits per heavy atom. The number of aryl methyl sites for hydroxylation is 2. The van der Waals surface area contributed by atoms with Gasteiger partial charge in [0.25, 0.3) is 0 Å². The van der Waals surface area contributed by atoms with E-state index >= 15 is 0 Å². The van der Waals surface area contributed by atoms with Crippen molar-refractivity contribution in [3.8, 4) is 5.75 Å². The lowest BCUT2D eigenvalue weighted by Crippen LogP contribution is -2.15. The monoisotopic (exact) mass is 304 g/mol. The van der Waals surface area contributed by atoms with Crippen LogP contribution in [0.3, 0.4) is 0 Å². The lowest BCUT2D eigenvalue weighted by Gasteiger charge is -2.18. The summed E-state index contributed by atoms with van der Waals surface area (Å²) >= 11 is 5.11. The molecule has 1 unspecified atom stereocenters. The van der Waals surface area contributed by atoms with Gasteiger partial charge in [0.05, 0.1) is 13.2 Å². The van der Waals surface area contributed by atoms with Crippen molar-refractivity contribution in [3.63, 3.8) is 0 Å². The maximum atomic E-state index is 5.79. The van der Waals surface area contributed by atoms with Crippen molar-refractivity contribution in [2.45, 2.75) is 26.8 Å². The van der Waals surface area contributed by atoms with Crippen molar-refractivity contribution in [3.05, 3.63) is 46.9 Å². The smallest absolute Gasteiger partial charge is 0.120 e. The molecule has 2 rings (SSSR count). The third kappa shape index (κ3) is 3.36. The lowest BCUT2D eigenvalue weighted by atomic mass is 10.1. The molecule has 0 fully saturated rings. The summed E-state index contributed by atoms with van der Waals surface area (Å²) in [4.78, 5) is 0.354. The summed E-state index contributed by atoms with van der Waals surface area (Å²) in [6, 6.07) is 7.71. The van der Waals surface area contributed by atoms with Gasteiger partial charge in [-0.3, -0.25) is 0 Å². The second-order valence-corrected chi connectivity index (χ2v) is 5.45. The van der Waals surface area contributed by atoms with Gasteiger partial charge in [0.1, 0.15) is 22.3 Å². The van der Waals surface area contributed by atoms with Crippen LogP contribution in [-0.4, -0.2) is 12.1 Å². The van der Waals surface area contributed by atoms with Crippen molar-refractivity contribution >= 4 is 22.9 Å². The third-order valence-corrected chi connectivity index (χ3v) is 3.63. The van der Waals surface area contributed by atoms with Crippen molar-refractivity contribution in [2.24, 2.45) is 5.73 Å². The molecule has 0 saturated heterocycles. The molecule has 0 spiro atoms. The number of hydrogen-bond donors (Lipinski definition) is 2. The van der Waals surface area contributed by atoms with Crippen LogP contribution in [0.15, 0.2) is 28.7 Å². The standard InChI is InChI=1S/C16H20N2O2S/c1-9-7-14(11(3)20-9)10(2)18-15-8-12(19-4)5-6-13(15)16(17)21/h5-8,10,18H,1-4H3,(H2,17,21). The highest BCUT2D eigenvalue weighted by Crippen LogP contribution is 2.29. The summed E-state index contributed by atoms with van der Waals surface area (Å²) in [5.41, 5.74) is 8.56. The Morgan fingerprint density at radius 2 is 2.05 bits per heavy atom. The zero-order valence-corrected chi connectivity index (χ0v) is 13.5. The molecular weight excluding hydrogens is 284 g/mol. The summed E-state index contributed by atoms with van der Waals surface area (Å²) in [5.74, 6) is 2.56. The fraction of sp³-hybridized carbons (Fsp3) is 0.312. The minimum absolute atomic E-state index is 0.0719. The number of hydrogen-bond acceptors (Lipinski definition) is 4. The van der Waals surface area contributed by atoms with Gasteiger partial charge in [0, 0.05) is 22.9 Å². The quantitative estimate of drug-likeness (QED) is 0.825. The number of methoxy groups -OCH3 is 1. The SMILES string of the molecule is COc1ccc(C(N)=S)c(NC(C)c2cc(C)oc2C)c1. The van der Waals surface area contributed by atoms with Crippen LogP contribution >= 0.6 is 12.2 Å². The van der Waals surface area contributed by atoms with Crippen LogP contribution in [0.5, 0.6) is 5.75 Å². The van der Waals surface area contributed by atoms with Crippen LogP contribution in [-0.2, 0) is 0 Å². The number of anilines is 1. The molecule has 112 valence electrons. The lowest BCUT2D eigenvalue weighted by molar-refractivity contribution is 0.415. The summed E-state index contributed by atoms with van der Waals surface area (Å²) < 4.78 is 10.8. The van der Waals surface area contributed by atoms with Gasteiger partial charge >= 0.3 is 0 Å². The molecule has 0 radical (unpaired) electrons. The highest BCUT2D eigenvalue weighted by atomic mass is 32.1. The Labute approximate surface area is 130 Å². The summed E-state index contributed by atoms with van der Waals surface area (Å²) in [7, 11) is 1.63. The molecule has 1 atom stereocenters. The van der Waals surface area contributed by atoms with Gasteiger partial charge in [-0.1, -0.05) is 12.2 Å². The number of nitrogens with two attached hydrogens (primary N) is 1. The van der Waals surface area contributed by atoms with Gasteiger partial charge in [-0.15, -0.1) is 0 Å². The number of ether oxygens (including phenoxy) is 1. The number of rotatable bonds is 5. The van der Waals surface area contributed by atoms with Gasteiger partial charge < -0.3 is 20.2 Å². The normalized spacial score (nSPS) is 12.0.